The molecule has 0 aliphatic carbocycles. The highest BCUT2D eigenvalue weighted by atomic mass is 16.5. The molecule has 5 nitrogen and oxygen atoms in total. The minimum absolute atomic E-state index is 0.258. The Labute approximate surface area is 153 Å². The zero-order valence-electron chi connectivity index (χ0n) is 15.0. The fraction of sp³-hybridized carbons (Fsp3) is 0.333. The van der Waals surface area contributed by atoms with E-state index in [9.17, 15) is 14.7 Å². The average molecular weight is 356 g/mol. The van der Waals surface area contributed by atoms with Gasteiger partial charge in [0.1, 0.15) is 12.2 Å². The van der Waals surface area contributed by atoms with E-state index < -0.39 is 30.3 Å². The largest absolute Gasteiger partial charge is 0.458 e. The summed E-state index contributed by atoms with van der Waals surface area (Å²) in [6.07, 6.45) is -2.49. The Morgan fingerprint density at radius 2 is 1.12 bits per heavy atom. The second-order valence-electron chi connectivity index (χ2n) is 6.15. The van der Waals surface area contributed by atoms with Gasteiger partial charge >= 0.3 is 11.9 Å². The monoisotopic (exact) mass is 356 g/mol. The highest BCUT2D eigenvalue weighted by Gasteiger charge is 2.20. The second-order valence-corrected chi connectivity index (χ2v) is 6.15. The van der Waals surface area contributed by atoms with Crippen LogP contribution in [-0.4, -0.2) is 23.1 Å². The summed E-state index contributed by atoms with van der Waals surface area (Å²) in [4.78, 5) is 23.9. The van der Waals surface area contributed by atoms with E-state index in [0.717, 1.165) is 11.1 Å². The molecule has 0 spiro atoms. The van der Waals surface area contributed by atoms with Gasteiger partial charge in [-0.25, -0.2) is 0 Å². The molecule has 0 aliphatic heterocycles. The van der Waals surface area contributed by atoms with Crippen molar-refractivity contribution < 1.29 is 24.2 Å². The van der Waals surface area contributed by atoms with Crippen molar-refractivity contribution in [2.24, 2.45) is 0 Å². The molecule has 138 valence electrons. The number of ether oxygens (including phenoxy) is 2. The maximum Gasteiger partial charge on any atom is 0.309 e. The third-order valence-electron chi connectivity index (χ3n) is 3.96. The van der Waals surface area contributed by atoms with Gasteiger partial charge in [0.2, 0.25) is 0 Å². The van der Waals surface area contributed by atoms with Crippen LogP contribution in [0.15, 0.2) is 60.7 Å². The summed E-state index contributed by atoms with van der Waals surface area (Å²) in [5, 5.41) is 9.96. The van der Waals surface area contributed by atoms with Crippen LogP contribution in [0.4, 0.5) is 0 Å². The first-order chi connectivity index (χ1) is 12.5. The molecule has 0 amide bonds. The summed E-state index contributed by atoms with van der Waals surface area (Å²) in [7, 11) is 0. The molecule has 5 heteroatoms. The lowest BCUT2D eigenvalue weighted by Gasteiger charge is -2.17. The van der Waals surface area contributed by atoms with Crippen LogP contribution in [0.5, 0.6) is 0 Å². The van der Waals surface area contributed by atoms with E-state index in [4.69, 9.17) is 9.47 Å². The first-order valence-corrected chi connectivity index (χ1v) is 8.62. The molecule has 0 heterocycles. The highest BCUT2D eigenvalue weighted by molar-refractivity contribution is 5.74. The van der Waals surface area contributed by atoms with Crippen LogP contribution in [0.1, 0.15) is 50.0 Å². The van der Waals surface area contributed by atoms with Gasteiger partial charge in [0.25, 0.3) is 0 Å². The normalized spacial score (nSPS) is 14.1. The van der Waals surface area contributed by atoms with E-state index in [1.165, 1.54) is 0 Å². The predicted octanol–water partition coefficient (Wildman–Crippen LogP) is 3.74. The molecule has 26 heavy (non-hydrogen) atoms. The summed E-state index contributed by atoms with van der Waals surface area (Å²) in [6.45, 7) is 3.52. The van der Waals surface area contributed by atoms with Gasteiger partial charge in [0.05, 0.1) is 18.9 Å². The molecule has 2 aromatic carbocycles. The molecule has 0 fully saturated rings. The molecule has 0 bridgehead atoms. The number of aliphatic hydroxyl groups is 1. The molecule has 1 N–H and O–H groups in total. The van der Waals surface area contributed by atoms with Gasteiger partial charge in [-0.15, -0.1) is 0 Å². The van der Waals surface area contributed by atoms with E-state index in [0.29, 0.717) is 0 Å². The fourth-order valence-electron chi connectivity index (χ4n) is 2.53. The standard InChI is InChI=1S/C21H24O5/c1-15(17-9-5-3-6-10-17)25-20(23)13-19(22)14-21(24)26-16(2)18-11-7-4-8-12-18/h3-12,15-16,19,22H,13-14H2,1-2H3. The lowest BCUT2D eigenvalue weighted by Crippen LogP contribution is -2.22. The van der Waals surface area contributed by atoms with Gasteiger partial charge in [0, 0.05) is 0 Å². The zero-order chi connectivity index (χ0) is 18.9. The predicted molar refractivity (Wildman–Crippen MR) is 97.1 cm³/mol. The van der Waals surface area contributed by atoms with Crippen molar-refractivity contribution in [1.82, 2.24) is 0 Å². The summed E-state index contributed by atoms with van der Waals surface area (Å²) in [5.41, 5.74) is 1.73. The van der Waals surface area contributed by atoms with Crippen molar-refractivity contribution in [3.05, 3.63) is 71.8 Å². The summed E-state index contributed by atoms with van der Waals surface area (Å²) < 4.78 is 10.6. The van der Waals surface area contributed by atoms with Crippen LogP contribution >= 0.6 is 0 Å². The van der Waals surface area contributed by atoms with Gasteiger partial charge < -0.3 is 14.6 Å². The number of esters is 2. The summed E-state index contributed by atoms with van der Waals surface area (Å²) in [6, 6.07) is 18.6. The first kappa shape index (κ1) is 19.7. The Hall–Kier alpha value is -2.66. The molecule has 2 aromatic rings. The number of benzene rings is 2. The molecule has 2 unspecified atom stereocenters. The Bertz CT molecular complexity index is 637. The minimum atomic E-state index is -1.14. The van der Waals surface area contributed by atoms with E-state index >= 15 is 0 Å². The van der Waals surface area contributed by atoms with Crippen molar-refractivity contribution in [1.29, 1.82) is 0 Å². The molecule has 2 atom stereocenters. The SMILES string of the molecule is CC(OC(=O)CC(O)CC(=O)OC(C)c1ccccc1)c1ccccc1. The third-order valence-corrected chi connectivity index (χ3v) is 3.96. The van der Waals surface area contributed by atoms with Gasteiger partial charge in [0.15, 0.2) is 0 Å². The average Bonchev–Trinajstić information content (AvgIpc) is 2.62. The van der Waals surface area contributed by atoms with Crippen molar-refractivity contribution in [3.63, 3.8) is 0 Å². The van der Waals surface area contributed by atoms with Crippen LogP contribution in [0.3, 0.4) is 0 Å². The first-order valence-electron chi connectivity index (χ1n) is 8.62. The molecule has 0 saturated heterocycles. The number of hydrogen-bond acceptors (Lipinski definition) is 5. The van der Waals surface area contributed by atoms with Gasteiger partial charge in [-0.3, -0.25) is 9.59 Å². The molecule has 0 aliphatic rings. The lowest BCUT2D eigenvalue weighted by atomic mass is 10.1. The maximum absolute atomic E-state index is 11.9. The van der Waals surface area contributed by atoms with E-state index in [2.05, 4.69) is 0 Å². The molecular formula is C21H24O5. The molecule has 2 rings (SSSR count). The van der Waals surface area contributed by atoms with Crippen molar-refractivity contribution in [3.8, 4) is 0 Å². The van der Waals surface area contributed by atoms with Crippen LogP contribution in [-0.2, 0) is 19.1 Å². The molecule has 0 saturated carbocycles. The number of rotatable bonds is 8. The second kappa shape index (κ2) is 9.73. The van der Waals surface area contributed by atoms with Gasteiger partial charge in [-0.2, -0.15) is 0 Å². The fourth-order valence-corrected chi connectivity index (χ4v) is 2.53. The van der Waals surface area contributed by atoms with Crippen molar-refractivity contribution in [2.45, 2.75) is 45.0 Å². The van der Waals surface area contributed by atoms with Crippen molar-refractivity contribution >= 4 is 11.9 Å². The Kier molecular flexibility index (Phi) is 7.36. The highest BCUT2D eigenvalue weighted by Crippen LogP contribution is 2.19. The maximum atomic E-state index is 11.9. The van der Waals surface area contributed by atoms with Crippen LogP contribution < -0.4 is 0 Å². The summed E-state index contributed by atoms with van der Waals surface area (Å²) >= 11 is 0. The number of aliphatic hydroxyl groups excluding tert-OH is 1. The van der Waals surface area contributed by atoms with Crippen LogP contribution in [0.25, 0.3) is 0 Å². The minimum Gasteiger partial charge on any atom is -0.458 e. The summed E-state index contributed by atoms with van der Waals surface area (Å²) in [5.74, 6) is -1.12. The Balaban J connectivity index is 1.75. The van der Waals surface area contributed by atoms with Crippen LogP contribution in [0, 0.1) is 0 Å². The van der Waals surface area contributed by atoms with E-state index in [1.54, 1.807) is 13.8 Å². The van der Waals surface area contributed by atoms with E-state index in [1.807, 2.05) is 60.7 Å². The zero-order valence-corrected chi connectivity index (χ0v) is 15.0. The van der Waals surface area contributed by atoms with Gasteiger partial charge in [-0.05, 0) is 25.0 Å². The van der Waals surface area contributed by atoms with Gasteiger partial charge in [-0.1, -0.05) is 60.7 Å². The number of hydrogen-bond donors (Lipinski definition) is 1. The smallest absolute Gasteiger partial charge is 0.309 e. The number of carbonyl (C=O) groups is 2. The van der Waals surface area contributed by atoms with Crippen molar-refractivity contribution in [2.75, 3.05) is 0 Å². The van der Waals surface area contributed by atoms with E-state index in [-0.39, 0.29) is 12.8 Å². The Morgan fingerprint density at radius 3 is 1.46 bits per heavy atom. The molecule has 0 radical (unpaired) electrons. The Morgan fingerprint density at radius 1 is 0.769 bits per heavy atom. The third kappa shape index (κ3) is 6.33. The van der Waals surface area contributed by atoms with Crippen LogP contribution in [0.2, 0.25) is 0 Å². The molecular weight excluding hydrogens is 332 g/mol. The topological polar surface area (TPSA) is 72.8 Å². The molecule has 0 aromatic heterocycles. The quantitative estimate of drug-likeness (QED) is 0.730. The lowest BCUT2D eigenvalue weighted by molar-refractivity contribution is -0.154. The number of carbonyl (C=O) groups excluding carboxylic acids is 2.